The number of anilines is 3. The predicted molar refractivity (Wildman–Crippen MR) is 127 cm³/mol. The van der Waals surface area contributed by atoms with Gasteiger partial charge in [0.05, 0.1) is 17.7 Å². The van der Waals surface area contributed by atoms with E-state index in [0.717, 1.165) is 0 Å². The van der Waals surface area contributed by atoms with Crippen LogP contribution in [-0.4, -0.2) is 34.0 Å². The van der Waals surface area contributed by atoms with Crippen molar-refractivity contribution in [2.75, 3.05) is 29.0 Å². The van der Waals surface area contributed by atoms with Crippen molar-refractivity contribution >= 4 is 39.0 Å². The smallest absolute Gasteiger partial charge is 0.319 e. The molecule has 33 heavy (non-hydrogen) atoms. The predicted octanol–water partition coefficient (Wildman–Crippen LogP) is 3.89. The standard InChI is InChI=1S/C23H24N4O5S/c1-3-24-23(29)26-18-10-7-9-17(15-18)25-22(28)16-8-6-11-19(14-16)33(30,31)27-20-12-4-5-13-21(20)32-2/h4-15,27H,3H2,1-2H3,(H,25,28)(H2,24,26,29). The number of hydrogen-bond donors (Lipinski definition) is 4. The molecule has 0 saturated carbocycles. The maximum atomic E-state index is 12.9. The Morgan fingerprint density at radius 3 is 2.30 bits per heavy atom. The van der Waals surface area contributed by atoms with Crippen LogP contribution in [0.15, 0.2) is 77.7 Å². The molecule has 4 N–H and O–H groups in total. The Balaban J connectivity index is 1.76. The van der Waals surface area contributed by atoms with Crippen molar-refractivity contribution < 1.29 is 22.7 Å². The van der Waals surface area contributed by atoms with Gasteiger partial charge in [0.15, 0.2) is 0 Å². The average Bonchev–Trinajstić information content (AvgIpc) is 2.79. The number of benzene rings is 3. The molecule has 0 unspecified atom stereocenters. The topological polar surface area (TPSA) is 126 Å². The van der Waals surface area contributed by atoms with Crippen molar-refractivity contribution in [3.63, 3.8) is 0 Å². The van der Waals surface area contributed by atoms with E-state index in [-0.39, 0.29) is 22.2 Å². The number of carbonyl (C=O) groups excluding carboxylic acids is 2. The van der Waals surface area contributed by atoms with Gasteiger partial charge < -0.3 is 20.7 Å². The number of hydrogen-bond acceptors (Lipinski definition) is 5. The van der Waals surface area contributed by atoms with Gasteiger partial charge in [-0.3, -0.25) is 9.52 Å². The second-order valence-corrected chi connectivity index (χ2v) is 8.54. The first-order valence-corrected chi connectivity index (χ1v) is 11.5. The van der Waals surface area contributed by atoms with Crippen molar-refractivity contribution in [1.29, 1.82) is 0 Å². The minimum Gasteiger partial charge on any atom is -0.495 e. The molecule has 0 aliphatic rings. The molecule has 3 aromatic carbocycles. The number of rotatable bonds is 8. The second kappa shape index (κ2) is 10.5. The summed E-state index contributed by atoms with van der Waals surface area (Å²) in [6.45, 7) is 2.28. The Kier molecular flexibility index (Phi) is 7.52. The molecule has 3 aromatic rings. The Morgan fingerprint density at radius 1 is 0.879 bits per heavy atom. The van der Waals surface area contributed by atoms with Gasteiger partial charge in [0, 0.05) is 23.5 Å². The zero-order valence-electron chi connectivity index (χ0n) is 18.1. The lowest BCUT2D eigenvalue weighted by molar-refractivity contribution is 0.102. The van der Waals surface area contributed by atoms with Crippen molar-refractivity contribution in [1.82, 2.24) is 5.32 Å². The molecule has 0 aliphatic carbocycles. The van der Waals surface area contributed by atoms with E-state index in [9.17, 15) is 18.0 Å². The zero-order valence-corrected chi connectivity index (χ0v) is 18.9. The highest BCUT2D eigenvalue weighted by atomic mass is 32.2. The number of carbonyl (C=O) groups is 2. The number of sulfonamides is 1. The van der Waals surface area contributed by atoms with Gasteiger partial charge in [-0.25, -0.2) is 13.2 Å². The van der Waals surface area contributed by atoms with Crippen LogP contribution in [0.5, 0.6) is 5.75 Å². The number of amides is 3. The van der Waals surface area contributed by atoms with Crippen LogP contribution in [0.25, 0.3) is 0 Å². The molecule has 172 valence electrons. The Morgan fingerprint density at radius 2 is 1.58 bits per heavy atom. The minimum absolute atomic E-state index is 0.0762. The van der Waals surface area contributed by atoms with E-state index in [1.54, 1.807) is 55.5 Å². The lowest BCUT2D eigenvalue weighted by Gasteiger charge is -2.12. The van der Waals surface area contributed by atoms with Gasteiger partial charge in [0.1, 0.15) is 5.75 Å². The molecule has 9 nitrogen and oxygen atoms in total. The summed E-state index contributed by atoms with van der Waals surface area (Å²) in [6.07, 6.45) is 0. The quantitative estimate of drug-likeness (QED) is 0.399. The van der Waals surface area contributed by atoms with Gasteiger partial charge in [-0.1, -0.05) is 24.3 Å². The first kappa shape index (κ1) is 23.6. The molecule has 0 aliphatic heterocycles. The maximum Gasteiger partial charge on any atom is 0.319 e. The van der Waals surface area contributed by atoms with E-state index in [0.29, 0.717) is 23.7 Å². The third-order valence-electron chi connectivity index (χ3n) is 4.47. The molecule has 3 rings (SSSR count). The summed E-state index contributed by atoms with van der Waals surface area (Å²) in [6, 6.07) is 18.5. The highest BCUT2D eigenvalue weighted by Gasteiger charge is 2.18. The molecule has 10 heteroatoms. The molecule has 0 bridgehead atoms. The van der Waals surface area contributed by atoms with Crippen molar-refractivity contribution in [3.05, 3.63) is 78.4 Å². The highest BCUT2D eigenvalue weighted by molar-refractivity contribution is 7.92. The van der Waals surface area contributed by atoms with Gasteiger partial charge in [0.2, 0.25) is 0 Å². The molecule has 0 saturated heterocycles. The first-order valence-electron chi connectivity index (χ1n) is 10.0. The van der Waals surface area contributed by atoms with E-state index < -0.39 is 15.9 Å². The largest absolute Gasteiger partial charge is 0.495 e. The Labute approximate surface area is 192 Å². The van der Waals surface area contributed by atoms with Crippen LogP contribution in [0.1, 0.15) is 17.3 Å². The molecule has 0 heterocycles. The summed E-state index contributed by atoms with van der Waals surface area (Å²) < 4.78 is 33.4. The van der Waals surface area contributed by atoms with Gasteiger partial charge in [-0.2, -0.15) is 0 Å². The lowest BCUT2D eigenvalue weighted by atomic mass is 10.2. The molecular formula is C23H24N4O5S. The lowest BCUT2D eigenvalue weighted by Crippen LogP contribution is -2.28. The molecule has 0 fully saturated rings. The van der Waals surface area contributed by atoms with Gasteiger partial charge in [0.25, 0.3) is 15.9 Å². The molecule has 3 amide bonds. The zero-order chi connectivity index (χ0) is 23.8. The van der Waals surface area contributed by atoms with Gasteiger partial charge in [-0.05, 0) is 55.5 Å². The second-order valence-electron chi connectivity index (χ2n) is 6.85. The molecule has 0 aromatic heterocycles. The summed E-state index contributed by atoms with van der Waals surface area (Å²) in [5, 5.41) is 7.98. The van der Waals surface area contributed by atoms with E-state index >= 15 is 0 Å². The Hall–Kier alpha value is -4.05. The number of nitrogens with one attached hydrogen (secondary N) is 4. The average molecular weight is 469 g/mol. The van der Waals surface area contributed by atoms with Crippen LogP contribution < -0.4 is 25.4 Å². The fourth-order valence-electron chi connectivity index (χ4n) is 2.95. The van der Waals surface area contributed by atoms with E-state index in [4.69, 9.17) is 4.74 Å². The summed E-state index contributed by atoms with van der Waals surface area (Å²) >= 11 is 0. The third-order valence-corrected chi connectivity index (χ3v) is 5.84. The van der Waals surface area contributed by atoms with E-state index in [1.807, 2.05) is 0 Å². The van der Waals surface area contributed by atoms with Gasteiger partial charge in [-0.15, -0.1) is 0 Å². The maximum absolute atomic E-state index is 12.9. The van der Waals surface area contributed by atoms with Crippen LogP contribution in [0, 0.1) is 0 Å². The fourth-order valence-corrected chi connectivity index (χ4v) is 4.07. The number of para-hydroxylation sites is 2. The summed E-state index contributed by atoms with van der Waals surface area (Å²) in [4.78, 5) is 24.4. The van der Waals surface area contributed by atoms with Crippen molar-refractivity contribution in [3.8, 4) is 5.75 Å². The van der Waals surface area contributed by atoms with Crippen LogP contribution in [0.3, 0.4) is 0 Å². The number of ether oxygens (including phenoxy) is 1. The Bertz CT molecular complexity index is 1260. The van der Waals surface area contributed by atoms with Crippen LogP contribution in [0.4, 0.5) is 21.9 Å². The van der Waals surface area contributed by atoms with Crippen LogP contribution in [0.2, 0.25) is 0 Å². The number of methoxy groups -OCH3 is 1. The summed E-state index contributed by atoms with van der Waals surface area (Å²) in [5.41, 5.74) is 1.37. The third kappa shape index (κ3) is 6.23. The highest BCUT2D eigenvalue weighted by Crippen LogP contribution is 2.26. The normalized spacial score (nSPS) is 10.7. The molecule has 0 spiro atoms. The summed E-state index contributed by atoms with van der Waals surface area (Å²) in [7, 11) is -2.52. The van der Waals surface area contributed by atoms with Gasteiger partial charge >= 0.3 is 6.03 Å². The van der Waals surface area contributed by atoms with Crippen molar-refractivity contribution in [2.45, 2.75) is 11.8 Å². The SMILES string of the molecule is CCNC(=O)Nc1cccc(NC(=O)c2cccc(S(=O)(=O)Nc3ccccc3OC)c2)c1. The first-order chi connectivity index (χ1) is 15.8. The van der Waals surface area contributed by atoms with E-state index in [2.05, 4.69) is 20.7 Å². The monoisotopic (exact) mass is 468 g/mol. The minimum atomic E-state index is -3.96. The fraction of sp³-hybridized carbons (Fsp3) is 0.130. The van der Waals surface area contributed by atoms with Crippen LogP contribution >= 0.6 is 0 Å². The number of urea groups is 1. The molecular weight excluding hydrogens is 444 g/mol. The van der Waals surface area contributed by atoms with Crippen LogP contribution in [-0.2, 0) is 10.0 Å². The molecule has 0 radical (unpaired) electrons. The van der Waals surface area contributed by atoms with Crippen molar-refractivity contribution in [2.24, 2.45) is 0 Å². The summed E-state index contributed by atoms with van der Waals surface area (Å²) in [5.74, 6) is -0.129. The molecule has 0 atom stereocenters. The van der Waals surface area contributed by atoms with E-state index in [1.165, 1.54) is 31.4 Å².